The summed E-state index contributed by atoms with van der Waals surface area (Å²) >= 11 is 0. The van der Waals surface area contributed by atoms with Gasteiger partial charge in [0.1, 0.15) is 11.4 Å². The van der Waals surface area contributed by atoms with Crippen LogP contribution in [0.5, 0.6) is 5.75 Å². The third-order valence-electron chi connectivity index (χ3n) is 5.11. The van der Waals surface area contributed by atoms with Gasteiger partial charge in [0.05, 0.1) is 5.56 Å². The lowest BCUT2D eigenvalue weighted by atomic mass is 9.92. The zero-order chi connectivity index (χ0) is 19.1. The van der Waals surface area contributed by atoms with Gasteiger partial charge < -0.3 is 9.84 Å². The highest BCUT2D eigenvalue weighted by atomic mass is 16.5. The van der Waals surface area contributed by atoms with Crippen molar-refractivity contribution in [2.24, 2.45) is 0 Å². The van der Waals surface area contributed by atoms with E-state index in [9.17, 15) is 4.79 Å². The summed E-state index contributed by atoms with van der Waals surface area (Å²) in [6.07, 6.45) is 13.1. The van der Waals surface area contributed by atoms with Crippen LogP contribution in [-0.4, -0.2) is 16.7 Å². The van der Waals surface area contributed by atoms with Crippen LogP contribution in [0.25, 0.3) is 0 Å². The number of hydrogen-bond acceptors (Lipinski definition) is 2. The minimum Gasteiger partial charge on any atom is -0.483 e. The average Bonchev–Trinajstić information content (AvgIpc) is 2.70. The van der Waals surface area contributed by atoms with Crippen molar-refractivity contribution in [3.8, 4) is 5.75 Å². The topological polar surface area (TPSA) is 46.5 Å². The Bertz CT molecular complexity index is 833. The number of allylic oxidation sites excluding steroid dienone is 2. The van der Waals surface area contributed by atoms with Crippen molar-refractivity contribution in [3.63, 3.8) is 0 Å². The average molecular weight is 362 g/mol. The summed E-state index contributed by atoms with van der Waals surface area (Å²) in [6.45, 7) is 2.16. The SMILES string of the molecule is CCC1(Oc2ccccc2CCCc2ccc(C(=O)O)cc2)C=CC=CC1. The fraction of sp³-hybridized carbons (Fsp3) is 0.292. The number of para-hydroxylation sites is 1. The molecule has 0 fully saturated rings. The molecule has 3 rings (SSSR count). The summed E-state index contributed by atoms with van der Waals surface area (Å²) in [4.78, 5) is 10.9. The first-order valence-electron chi connectivity index (χ1n) is 9.55. The van der Waals surface area contributed by atoms with Crippen LogP contribution in [0, 0.1) is 0 Å². The minimum absolute atomic E-state index is 0.252. The molecule has 1 aliphatic carbocycles. The number of aromatic carboxylic acids is 1. The number of benzene rings is 2. The Morgan fingerprint density at radius 2 is 1.85 bits per heavy atom. The number of hydrogen-bond donors (Lipinski definition) is 1. The van der Waals surface area contributed by atoms with Gasteiger partial charge in [-0.3, -0.25) is 0 Å². The number of carbonyl (C=O) groups is 1. The first-order valence-corrected chi connectivity index (χ1v) is 9.55. The van der Waals surface area contributed by atoms with Crippen LogP contribution >= 0.6 is 0 Å². The van der Waals surface area contributed by atoms with Crippen LogP contribution in [0.3, 0.4) is 0 Å². The Labute approximate surface area is 161 Å². The molecule has 140 valence electrons. The molecule has 0 saturated carbocycles. The molecule has 0 heterocycles. The lowest BCUT2D eigenvalue weighted by molar-refractivity contribution is 0.0697. The lowest BCUT2D eigenvalue weighted by Crippen LogP contribution is -2.33. The lowest BCUT2D eigenvalue weighted by Gasteiger charge is -2.32. The molecule has 0 spiro atoms. The highest BCUT2D eigenvalue weighted by molar-refractivity contribution is 5.87. The van der Waals surface area contributed by atoms with Gasteiger partial charge in [0.2, 0.25) is 0 Å². The largest absolute Gasteiger partial charge is 0.483 e. The van der Waals surface area contributed by atoms with Gasteiger partial charge in [0, 0.05) is 6.42 Å². The molecule has 1 aliphatic rings. The van der Waals surface area contributed by atoms with E-state index in [1.165, 1.54) is 5.56 Å². The number of rotatable bonds is 8. The molecular weight excluding hydrogens is 336 g/mol. The van der Waals surface area contributed by atoms with Gasteiger partial charge in [-0.15, -0.1) is 0 Å². The monoisotopic (exact) mass is 362 g/mol. The molecule has 1 atom stereocenters. The van der Waals surface area contributed by atoms with E-state index in [0.29, 0.717) is 5.56 Å². The number of carboxylic acids is 1. The van der Waals surface area contributed by atoms with Crippen molar-refractivity contribution >= 4 is 5.97 Å². The van der Waals surface area contributed by atoms with E-state index in [4.69, 9.17) is 9.84 Å². The quantitative estimate of drug-likeness (QED) is 0.664. The standard InChI is InChI=1S/C24H26O3/c1-2-24(17-6-3-7-18-24)27-22-12-5-4-10-20(22)11-8-9-19-13-15-21(16-14-19)23(25)26/h3-7,10,12-17H,2,8-9,11,18H2,1H3,(H,25,26). The highest BCUT2D eigenvalue weighted by Crippen LogP contribution is 2.31. The van der Waals surface area contributed by atoms with E-state index in [0.717, 1.165) is 43.4 Å². The van der Waals surface area contributed by atoms with Gasteiger partial charge in [-0.05, 0) is 61.1 Å². The van der Waals surface area contributed by atoms with Gasteiger partial charge in [0.15, 0.2) is 0 Å². The predicted molar refractivity (Wildman–Crippen MR) is 108 cm³/mol. The molecule has 0 aromatic heterocycles. The molecule has 2 aromatic rings. The molecule has 3 heteroatoms. The van der Waals surface area contributed by atoms with E-state index >= 15 is 0 Å². The van der Waals surface area contributed by atoms with Crippen molar-refractivity contribution in [3.05, 3.63) is 89.5 Å². The Morgan fingerprint density at radius 3 is 2.52 bits per heavy atom. The van der Waals surface area contributed by atoms with Crippen molar-refractivity contribution in [1.29, 1.82) is 0 Å². The molecule has 0 bridgehead atoms. The molecule has 0 saturated heterocycles. The van der Waals surface area contributed by atoms with Crippen LogP contribution in [0.2, 0.25) is 0 Å². The van der Waals surface area contributed by atoms with Crippen LogP contribution < -0.4 is 4.74 Å². The summed E-state index contributed by atoms with van der Waals surface area (Å²) in [5.41, 5.74) is 2.45. The van der Waals surface area contributed by atoms with Crippen LogP contribution in [0.4, 0.5) is 0 Å². The third kappa shape index (κ3) is 4.88. The van der Waals surface area contributed by atoms with Gasteiger partial charge in [-0.25, -0.2) is 4.79 Å². The van der Waals surface area contributed by atoms with Crippen LogP contribution in [0.15, 0.2) is 72.8 Å². The van der Waals surface area contributed by atoms with Crippen molar-refractivity contribution in [2.45, 2.75) is 44.6 Å². The molecule has 3 nitrogen and oxygen atoms in total. The number of ether oxygens (including phenoxy) is 1. The van der Waals surface area contributed by atoms with Crippen LogP contribution in [-0.2, 0) is 12.8 Å². The minimum atomic E-state index is -0.885. The van der Waals surface area contributed by atoms with E-state index in [-0.39, 0.29) is 5.60 Å². The summed E-state index contributed by atoms with van der Waals surface area (Å²) in [5, 5.41) is 8.98. The maximum Gasteiger partial charge on any atom is 0.335 e. The van der Waals surface area contributed by atoms with Gasteiger partial charge in [0.25, 0.3) is 0 Å². The summed E-state index contributed by atoms with van der Waals surface area (Å²) in [6, 6.07) is 15.4. The van der Waals surface area contributed by atoms with Crippen molar-refractivity contribution in [1.82, 2.24) is 0 Å². The second-order valence-corrected chi connectivity index (χ2v) is 6.98. The first-order chi connectivity index (χ1) is 13.1. The van der Waals surface area contributed by atoms with E-state index in [2.05, 4.69) is 49.4 Å². The number of aryl methyl sites for hydroxylation is 2. The molecule has 1 N–H and O–H groups in total. The highest BCUT2D eigenvalue weighted by Gasteiger charge is 2.27. The Hall–Kier alpha value is -2.81. The maximum atomic E-state index is 10.9. The molecule has 0 radical (unpaired) electrons. The maximum absolute atomic E-state index is 10.9. The van der Waals surface area contributed by atoms with E-state index in [1.807, 2.05) is 18.2 Å². The Kier molecular flexibility index (Phi) is 6.12. The number of carboxylic acid groups (broad SMARTS) is 1. The second kappa shape index (κ2) is 8.72. The fourth-order valence-corrected chi connectivity index (χ4v) is 3.38. The first kappa shape index (κ1) is 19.0. The van der Waals surface area contributed by atoms with Gasteiger partial charge in [-0.2, -0.15) is 0 Å². The van der Waals surface area contributed by atoms with Gasteiger partial charge in [-0.1, -0.05) is 55.5 Å². The molecular formula is C24H26O3. The summed E-state index contributed by atoms with van der Waals surface area (Å²) in [7, 11) is 0. The van der Waals surface area contributed by atoms with E-state index < -0.39 is 5.97 Å². The summed E-state index contributed by atoms with van der Waals surface area (Å²) in [5.74, 6) is 0.0737. The summed E-state index contributed by atoms with van der Waals surface area (Å²) < 4.78 is 6.46. The fourth-order valence-electron chi connectivity index (χ4n) is 3.38. The normalized spacial score (nSPS) is 18.4. The predicted octanol–water partition coefficient (Wildman–Crippen LogP) is 5.60. The molecule has 0 aliphatic heterocycles. The molecule has 2 aromatic carbocycles. The smallest absolute Gasteiger partial charge is 0.335 e. The van der Waals surface area contributed by atoms with Gasteiger partial charge >= 0.3 is 5.97 Å². The second-order valence-electron chi connectivity index (χ2n) is 6.98. The van der Waals surface area contributed by atoms with Crippen molar-refractivity contribution < 1.29 is 14.6 Å². The Morgan fingerprint density at radius 1 is 1.07 bits per heavy atom. The van der Waals surface area contributed by atoms with Crippen LogP contribution in [0.1, 0.15) is 47.7 Å². The molecule has 1 unspecified atom stereocenters. The third-order valence-corrected chi connectivity index (χ3v) is 5.11. The zero-order valence-corrected chi connectivity index (χ0v) is 15.7. The van der Waals surface area contributed by atoms with Crippen molar-refractivity contribution in [2.75, 3.05) is 0 Å². The zero-order valence-electron chi connectivity index (χ0n) is 15.7. The molecule has 0 amide bonds. The Balaban J connectivity index is 1.63. The van der Waals surface area contributed by atoms with E-state index in [1.54, 1.807) is 12.1 Å². The molecule has 27 heavy (non-hydrogen) atoms.